The number of methoxy groups -OCH3 is 1. The fourth-order valence-electron chi connectivity index (χ4n) is 3.68. The molecule has 8 nitrogen and oxygen atoms in total. The molecule has 2 aliphatic heterocycles. The molecule has 0 saturated carbocycles. The quantitative estimate of drug-likeness (QED) is 0.776. The Morgan fingerprint density at radius 2 is 2.00 bits per heavy atom. The van der Waals surface area contributed by atoms with E-state index in [1.165, 1.54) is 0 Å². The van der Waals surface area contributed by atoms with E-state index >= 15 is 0 Å². The Morgan fingerprint density at radius 1 is 1.25 bits per heavy atom. The van der Waals surface area contributed by atoms with Gasteiger partial charge in [0.1, 0.15) is 5.75 Å². The monoisotopic (exact) mass is 389 g/mol. The summed E-state index contributed by atoms with van der Waals surface area (Å²) in [6, 6.07) is 6.89. The van der Waals surface area contributed by atoms with Crippen molar-refractivity contribution in [3.05, 3.63) is 24.3 Å². The van der Waals surface area contributed by atoms with Crippen molar-refractivity contribution in [3.63, 3.8) is 0 Å². The number of carbonyl (C=O) groups is 3. The van der Waals surface area contributed by atoms with E-state index < -0.39 is 0 Å². The van der Waals surface area contributed by atoms with Crippen molar-refractivity contribution in [2.24, 2.45) is 5.92 Å². The zero-order chi connectivity index (χ0) is 20.1. The Balaban J connectivity index is 1.51. The van der Waals surface area contributed by atoms with E-state index in [0.29, 0.717) is 44.8 Å². The highest BCUT2D eigenvalue weighted by molar-refractivity contribution is 5.97. The average molecular weight is 389 g/mol. The highest BCUT2D eigenvalue weighted by Crippen LogP contribution is 2.26. The summed E-state index contributed by atoms with van der Waals surface area (Å²) in [5, 5.41) is 2.95. The van der Waals surface area contributed by atoms with Gasteiger partial charge in [0.2, 0.25) is 5.91 Å². The van der Waals surface area contributed by atoms with Gasteiger partial charge in [-0.1, -0.05) is 6.07 Å². The number of hydrogen-bond donors (Lipinski definition) is 1. The number of urea groups is 1. The smallest absolute Gasteiger partial charge is 0.317 e. The summed E-state index contributed by atoms with van der Waals surface area (Å²) in [5.74, 6) is 0.334. The standard InChI is InChI=1S/C20H27N3O5/c1-3-28-19(25)14-7-9-22(10-8-14)20(26)21-15-11-18(24)23(13-15)16-5-4-6-17(12-16)27-2/h4-6,12,14-15H,3,7-11,13H2,1-2H3,(H,21,26)/t15-/m0/s1. The number of anilines is 1. The molecule has 1 aromatic rings. The van der Waals surface area contributed by atoms with Crippen molar-refractivity contribution < 1.29 is 23.9 Å². The summed E-state index contributed by atoms with van der Waals surface area (Å²) < 4.78 is 10.3. The summed E-state index contributed by atoms with van der Waals surface area (Å²) in [6.07, 6.45) is 1.47. The third-order valence-electron chi connectivity index (χ3n) is 5.22. The minimum Gasteiger partial charge on any atom is -0.497 e. The van der Waals surface area contributed by atoms with Crippen LogP contribution in [0, 0.1) is 5.92 Å². The van der Waals surface area contributed by atoms with E-state index in [0.717, 1.165) is 5.69 Å². The number of rotatable bonds is 5. The molecular weight excluding hydrogens is 362 g/mol. The first kappa shape index (κ1) is 20.0. The van der Waals surface area contributed by atoms with Crippen molar-refractivity contribution in [1.82, 2.24) is 10.2 Å². The normalized spacial score (nSPS) is 20.2. The van der Waals surface area contributed by atoms with Crippen LogP contribution in [0.3, 0.4) is 0 Å². The summed E-state index contributed by atoms with van der Waals surface area (Å²) in [6.45, 7) is 3.61. The highest BCUT2D eigenvalue weighted by atomic mass is 16.5. The van der Waals surface area contributed by atoms with Crippen LogP contribution in [0.15, 0.2) is 24.3 Å². The number of amides is 3. The zero-order valence-corrected chi connectivity index (χ0v) is 16.3. The van der Waals surface area contributed by atoms with E-state index in [2.05, 4.69) is 5.32 Å². The molecule has 0 aliphatic carbocycles. The van der Waals surface area contributed by atoms with Crippen LogP contribution in [0.2, 0.25) is 0 Å². The van der Waals surface area contributed by atoms with Gasteiger partial charge in [-0.3, -0.25) is 9.59 Å². The molecule has 2 saturated heterocycles. The molecule has 3 rings (SSSR count). The minimum absolute atomic E-state index is 0.0282. The molecule has 28 heavy (non-hydrogen) atoms. The minimum atomic E-state index is -0.242. The number of nitrogens with one attached hydrogen (secondary N) is 1. The molecule has 0 bridgehead atoms. The maximum atomic E-state index is 12.6. The molecule has 0 radical (unpaired) electrons. The maximum Gasteiger partial charge on any atom is 0.317 e. The van der Waals surface area contributed by atoms with Gasteiger partial charge in [0.15, 0.2) is 0 Å². The number of esters is 1. The summed E-state index contributed by atoms with van der Waals surface area (Å²) >= 11 is 0. The van der Waals surface area contributed by atoms with Gasteiger partial charge in [-0.2, -0.15) is 0 Å². The van der Waals surface area contributed by atoms with Crippen LogP contribution in [0.5, 0.6) is 5.75 Å². The fourth-order valence-corrected chi connectivity index (χ4v) is 3.68. The van der Waals surface area contributed by atoms with Crippen molar-refractivity contribution >= 4 is 23.6 Å². The first-order valence-electron chi connectivity index (χ1n) is 9.68. The third-order valence-corrected chi connectivity index (χ3v) is 5.22. The van der Waals surface area contributed by atoms with Gasteiger partial charge >= 0.3 is 12.0 Å². The van der Waals surface area contributed by atoms with Crippen LogP contribution < -0.4 is 15.0 Å². The molecule has 2 aliphatic rings. The highest BCUT2D eigenvalue weighted by Gasteiger charge is 2.34. The summed E-state index contributed by atoms with van der Waals surface area (Å²) in [5.41, 5.74) is 0.761. The van der Waals surface area contributed by atoms with E-state index in [9.17, 15) is 14.4 Å². The third kappa shape index (κ3) is 4.55. The Hall–Kier alpha value is -2.77. The molecule has 2 fully saturated rings. The predicted molar refractivity (Wildman–Crippen MR) is 103 cm³/mol. The van der Waals surface area contributed by atoms with Crippen molar-refractivity contribution in [2.75, 3.05) is 38.3 Å². The number of hydrogen-bond acceptors (Lipinski definition) is 5. The zero-order valence-electron chi connectivity index (χ0n) is 16.3. The van der Waals surface area contributed by atoms with E-state index in [1.54, 1.807) is 23.8 Å². The van der Waals surface area contributed by atoms with Crippen LogP contribution in [0.4, 0.5) is 10.5 Å². The van der Waals surface area contributed by atoms with Crippen LogP contribution in [-0.4, -0.2) is 62.2 Å². The molecule has 152 valence electrons. The maximum absolute atomic E-state index is 12.6. The molecule has 0 aromatic heterocycles. The van der Waals surface area contributed by atoms with Gasteiger partial charge in [-0.25, -0.2) is 4.79 Å². The molecule has 0 unspecified atom stereocenters. The Kier molecular flexibility index (Phi) is 6.38. The average Bonchev–Trinajstić information content (AvgIpc) is 3.08. The van der Waals surface area contributed by atoms with Gasteiger partial charge in [-0.05, 0) is 31.9 Å². The van der Waals surface area contributed by atoms with Crippen LogP contribution in [0.25, 0.3) is 0 Å². The molecular formula is C20H27N3O5. The lowest BCUT2D eigenvalue weighted by Crippen LogP contribution is -2.49. The first-order chi connectivity index (χ1) is 13.5. The van der Waals surface area contributed by atoms with Crippen molar-refractivity contribution in [3.8, 4) is 5.75 Å². The molecule has 2 heterocycles. The summed E-state index contributed by atoms with van der Waals surface area (Å²) in [4.78, 5) is 40.1. The molecule has 3 amide bonds. The van der Waals surface area contributed by atoms with Gasteiger partial charge in [0.25, 0.3) is 0 Å². The second kappa shape index (κ2) is 8.95. The number of piperidine rings is 1. The van der Waals surface area contributed by atoms with E-state index in [1.807, 2.05) is 24.3 Å². The largest absolute Gasteiger partial charge is 0.497 e. The molecule has 1 atom stereocenters. The van der Waals surface area contributed by atoms with Gasteiger partial charge < -0.3 is 24.6 Å². The Bertz CT molecular complexity index is 730. The van der Waals surface area contributed by atoms with Crippen LogP contribution >= 0.6 is 0 Å². The SMILES string of the molecule is CCOC(=O)C1CCN(C(=O)N[C@H]2CC(=O)N(c3cccc(OC)c3)C2)CC1. The molecule has 8 heteroatoms. The topological polar surface area (TPSA) is 88.2 Å². The Labute approximate surface area is 164 Å². The van der Waals surface area contributed by atoms with Crippen LogP contribution in [0.1, 0.15) is 26.2 Å². The lowest BCUT2D eigenvalue weighted by atomic mass is 9.97. The lowest BCUT2D eigenvalue weighted by molar-refractivity contribution is -0.149. The first-order valence-corrected chi connectivity index (χ1v) is 9.68. The number of nitrogens with zero attached hydrogens (tertiary/aromatic N) is 2. The molecule has 0 spiro atoms. The second-order valence-corrected chi connectivity index (χ2v) is 7.07. The lowest BCUT2D eigenvalue weighted by Gasteiger charge is -2.31. The molecule has 1 aromatic carbocycles. The Morgan fingerprint density at radius 3 is 2.68 bits per heavy atom. The number of likely N-dealkylation sites (tertiary alicyclic amines) is 1. The van der Waals surface area contributed by atoms with Crippen molar-refractivity contribution in [1.29, 1.82) is 0 Å². The molecule has 1 N–H and O–H groups in total. The predicted octanol–water partition coefficient (Wildman–Crippen LogP) is 1.79. The van der Waals surface area contributed by atoms with Gasteiger partial charge in [0, 0.05) is 37.8 Å². The number of benzene rings is 1. The van der Waals surface area contributed by atoms with Gasteiger partial charge in [-0.15, -0.1) is 0 Å². The van der Waals surface area contributed by atoms with E-state index in [-0.39, 0.29) is 36.3 Å². The van der Waals surface area contributed by atoms with Crippen molar-refractivity contribution in [2.45, 2.75) is 32.2 Å². The van der Waals surface area contributed by atoms with Crippen LogP contribution in [-0.2, 0) is 14.3 Å². The number of ether oxygens (including phenoxy) is 2. The second-order valence-electron chi connectivity index (χ2n) is 7.07. The van der Waals surface area contributed by atoms with Gasteiger partial charge in [0.05, 0.1) is 25.7 Å². The summed E-state index contributed by atoms with van der Waals surface area (Å²) in [7, 11) is 1.58. The van der Waals surface area contributed by atoms with E-state index in [4.69, 9.17) is 9.47 Å². The number of carbonyl (C=O) groups excluding carboxylic acids is 3. The fraction of sp³-hybridized carbons (Fsp3) is 0.550.